The van der Waals surface area contributed by atoms with Gasteiger partial charge in [-0.15, -0.1) is 10.2 Å². The van der Waals surface area contributed by atoms with Gasteiger partial charge >= 0.3 is 5.97 Å². The van der Waals surface area contributed by atoms with Gasteiger partial charge < -0.3 is 9.47 Å². The summed E-state index contributed by atoms with van der Waals surface area (Å²) in [4.78, 5) is 30.7. The van der Waals surface area contributed by atoms with E-state index in [-0.39, 0.29) is 18.1 Å². The van der Waals surface area contributed by atoms with E-state index >= 15 is 0 Å². The van der Waals surface area contributed by atoms with Gasteiger partial charge in [0.05, 0.1) is 36.6 Å². The number of non-ortho nitro benzene ring substituents is 1. The standard InChI is InChI=1S/C26H28N6O5S/c1-36-23(33)10-8-21-25-28-29-26(38-16-13-30-11-14-37-15-12-30)31(25)22-9-7-19(32(34)35)17-20(22)24(27-21)18-5-3-2-4-6-18/h2-7,9,17,21H,8,10-16H2,1H3/t21-/m0/s1. The summed E-state index contributed by atoms with van der Waals surface area (Å²) in [7, 11) is 1.36. The van der Waals surface area contributed by atoms with Crippen molar-refractivity contribution in [3.05, 3.63) is 75.6 Å². The third-order valence-electron chi connectivity index (χ3n) is 6.57. The lowest BCUT2D eigenvalue weighted by Gasteiger charge is -2.26. The number of rotatable bonds is 9. The smallest absolute Gasteiger partial charge is 0.305 e. The van der Waals surface area contributed by atoms with Crippen LogP contribution < -0.4 is 0 Å². The van der Waals surface area contributed by atoms with E-state index in [2.05, 4.69) is 15.1 Å². The number of nitro groups is 1. The van der Waals surface area contributed by atoms with Crippen LogP contribution in [0.1, 0.15) is 35.8 Å². The van der Waals surface area contributed by atoms with Crippen molar-refractivity contribution < 1.29 is 19.2 Å². The molecule has 0 unspecified atom stereocenters. The molecule has 0 spiro atoms. The van der Waals surface area contributed by atoms with Crippen molar-refractivity contribution in [2.75, 3.05) is 45.7 Å². The van der Waals surface area contributed by atoms with Crippen molar-refractivity contribution in [2.24, 2.45) is 4.99 Å². The Morgan fingerprint density at radius 1 is 1.18 bits per heavy atom. The number of carbonyl (C=O) groups is 1. The van der Waals surface area contributed by atoms with Crippen molar-refractivity contribution in [3.63, 3.8) is 0 Å². The summed E-state index contributed by atoms with van der Waals surface area (Å²) in [5.74, 6) is 1.04. The van der Waals surface area contributed by atoms with Gasteiger partial charge in [0.25, 0.3) is 5.69 Å². The first-order valence-electron chi connectivity index (χ1n) is 12.4. The number of ether oxygens (including phenoxy) is 2. The van der Waals surface area contributed by atoms with E-state index in [0.717, 1.165) is 44.2 Å². The lowest BCUT2D eigenvalue weighted by molar-refractivity contribution is -0.384. The van der Waals surface area contributed by atoms with Gasteiger partial charge in [-0.25, -0.2) is 0 Å². The van der Waals surface area contributed by atoms with Crippen LogP contribution in [0.25, 0.3) is 5.69 Å². The summed E-state index contributed by atoms with van der Waals surface area (Å²) in [5, 5.41) is 21.4. The zero-order chi connectivity index (χ0) is 26.5. The minimum absolute atomic E-state index is 0.0310. The number of carbonyl (C=O) groups excluding carboxylic acids is 1. The largest absolute Gasteiger partial charge is 0.469 e. The van der Waals surface area contributed by atoms with E-state index in [4.69, 9.17) is 14.5 Å². The summed E-state index contributed by atoms with van der Waals surface area (Å²) in [6.45, 7) is 4.14. The van der Waals surface area contributed by atoms with Gasteiger partial charge in [0.2, 0.25) is 0 Å². The molecule has 1 aromatic heterocycles. The summed E-state index contributed by atoms with van der Waals surface area (Å²) in [6.07, 6.45) is 0.505. The van der Waals surface area contributed by atoms with Crippen molar-refractivity contribution in [1.29, 1.82) is 0 Å². The molecular weight excluding hydrogens is 508 g/mol. The van der Waals surface area contributed by atoms with Crippen LogP contribution in [0.2, 0.25) is 0 Å². The number of hydrogen-bond donors (Lipinski definition) is 0. The van der Waals surface area contributed by atoms with E-state index in [1.165, 1.54) is 13.2 Å². The summed E-state index contributed by atoms with van der Waals surface area (Å²) < 4.78 is 12.2. The first-order valence-corrected chi connectivity index (χ1v) is 13.4. The van der Waals surface area contributed by atoms with Crippen LogP contribution in [0.15, 0.2) is 58.7 Å². The number of morpholine rings is 1. The van der Waals surface area contributed by atoms with E-state index in [0.29, 0.717) is 34.4 Å². The van der Waals surface area contributed by atoms with Crippen LogP contribution in [-0.2, 0) is 14.3 Å². The molecule has 11 nitrogen and oxygen atoms in total. The topological polar surface area (TPSA) is 125 Å². The van der Waals surface area contributed by atoms with Crippen LogP contribution in [0.3, 0.4) is 0 Å². The number of fused-ring (bicyclic) bond motifs is 3. The molecule has 5 rings (SSSR count). The number of hydrogen-bond acceptors (Lipinski definition) is 10. The monoisotopic (exact) mass is 536 g/mol. The predicted octanol–water partition coefficient (Wildman–Crippen LogP) is 3.45. The average Bonchev–Trinajstić information content (AvgIpc) is 3.31. The second kappa shape index (κ2) is 11.8. The van der Waals surface area contributed by atoms with Crippen LogP contribution >= 0.6 is 11.8 Å². The highest BCUT2D eigenvalue weighted by Crippen LogP contribution is 2.36. The number of aromatic nitrogens is 3. The molecule has 1 saturated heterocycles. The Morgan fingerprint density at radius 2 is 1.97 bits per heavy atom. The van der Waals surface area contributed by atoms with E-state index in [1.807, 2.05) is 34.9 Å². The molecule has 0 aliphatic carbocycles. The first kappa shape index (κ1) is 26.0. The molecule has 0 saturated carbocycles. The molecule has 2 aliphatic heterocycles. The Kier molecular flexibility index (Phi) is 8.11. The summed E-state index contributed by atoms with van der Waals surface area (Å²) in [6, 6.07) is 13.8. The molecule has 2 aliphatic rings. The van der Waals surface area contributed by atoms with Crippen LogP contribution in [0.4, 0.5) is 5.69 Å². The minimum atomic E-state index is -0.503. The average molecular weight is 537 g/mol. The molecule has 3 heterocycles. The Labute approximate surface area is 224 Å². The van der Waals surface area contributed by atoms with E-state index < -0.39 is 11.0 Å². The SMILES string of the molecule is COC(=O)CC[C@@H]1N=C(c2ccccc2)c2cc([N+](=O)[O-])ccc2-n2c(SCCN3CCOCC3)nnc21. The van der Waals surface area contributed by atoms with Crippen molar-refractivity contribution in [2.45, 2.75) is 24.0 Å². The van der Waals surface area contributed by atoms with Gasteiger partial charge in [-0.1, -0.05) is 42.1 Å². The number of esters is 1. The molecule has 38 heavy (non-hydrogen) atoms. The molecule has 0 bridgehead atoms. The number of nitro benzene ring substituents is 1. The van der Waals surface area contributed by atoms with Gasteiger partial charge in [0.1, 0.15) is 6.04 Å². The van der Waals surface area contributed by atoms with Crippen molar-refractivity contribution >= 4 is 29.1 Å². The molecule has 1 fully saturated rings. The fraction of sp³-hybridized carbons (Fsp3) is 0.385. The van der Waals surface area contributed by atoms with Gasteiger partial charge in [0, 0.05) is 55.1 Å². The molecule has 0 N–H and O–H groups in total. The fourth-order valence-electron chi connectivity index (χ4n) is 4.59. The number of benzene rings is 2. The van der Waals surface area contributed by atoms with Gasteiger partial charge in [-0.05, 0) is 12.5 Å². The lowest BCUT2D eigenvalue weighted by Crippen LogP contribution is -2.37. The van der Waals surface area contributed by atoms with Gasteiger partial charge in [-0.2, -0.15) is 0 Å². The predicted molar refractivity (Wildman–Crippen MR) is 142 cm³/mol. The molecule has 0 radical (unpaired) electrons. The molecule has 12 heteroatoms. The maximum atomic E-state index is 12.0. The molecule has 198 valence electrons. The number of thioether (sulfide) groups is 1. The lowest BCUT2D eigenvalue weighted by atomic mass is 9.99. The van der Waals surface area contributed by atoms with E-state index in [1.54, 1.807) is 23.9 Å². The summed E-state index contributed by atoms with van der Waals surface area (Å²) >= 11 is 1.58. The van der Waals surface area contributed by atoms with Crippen LogP contribution in [0, 0.1) is 10.1 Å². The maximum Gasteiger partial charge on any atom is 0.305 e. The highest BCUT2D eigenvalue weighted by Gasteiger charge is 2.31. The van der Waals surface area contributed by atoms with Crippen molar-refractivity contribution in [3.8, 4) is 5.69 Å². The van der Waals surface area contributed by atoms with Crippen LogP contribution in [0.5, 0.6) is 0 Å². The highest BCUT2D eigenvalue weighted by atomic mass is 32.2. The number of aliphatic imine (C=N–C) groups is 1. The second-order valence-electron chi connectivity index (χ2n) is 8.91. The van der Waals surface area contributed by atoms with Crippen LogP contribution in [-0.4, -0.2) is 82.0 Å². The summed E-state index contributed by atoms with van der Waals surface area (Å²) in [5.41, 5.74) is 2.72. The third kappa shape index (κ3) is 5.62. The maximum absolute atomic E-state index is 12.0. The first-order chi connectivity index (χ1) is 18.5. The van der Waals surface area contributed by atoms with Gasteiger partial charge in [0.15, 0.2) is 11.0 Å². The molecule has 3 aromatic rings. The van der Waals surface area contributed by atoms with Gasteiger partial charge in [-0.3, -0.25) is 29.4 Å². The fourth-order valence-corrected chi connectivity index (χ4v) is 5.54. The molecule has 2 aromatic carbocycles. The third-order valence-corrected chi connectivity index (χ3v) is 7.48. The highest BCUT2D eigenvalue weighted by molar-refractivity contribution is 7.99. The molecule has 0 amide bonds. The zero-order valence-corrected chi connectivity index (χ0v) is 21.8. The Morgan fingerprint density at radius 3 is 2.71 bits per heavy atom. The molecule has 1 atom stereocenters. The minimum Gasteiger partial charge on any atom is -0.469 e. The Bertz CT molecular complexity index is 1340. The zero-order valence-electron chi connectivity index (χ0n) is 21.0. The van der Waals surface area contributed by atoms with E-state index in [9.17, 15) is 14.9 Å². The Hall–Kier alpha value is -3.61. The van der Waals surface area contributed by atoms with Crippen molar-refractivity contribution in [1.82, 2.24) is 19.7 Å². The quantitative estimate of drug-likeness (QED) is 0.175. The number of methoxy groups -OCH3 is 1. The number of nitrogens with zero attached hydrogens (tertiary/aromatic N) is 6. The second-order valence-corrected chi connectivity index (χ2v) is 9.97. The molecular formula is C26H28N6O5S. The normalized spacial score (nSPS) is 17.2. The Balaban J connectivity index is 1.58.